The van der Waals surface area contributed by atoms with Crippen molar-refractivity contribution >= 4 is 27.5 Å². The Bertz CT molecular complexity index is 353. The van der Waals surface area contributed by atoms with E-state index in [0.29, 0.717) is 16.8 Å². The Kier molecular flexibility index (Phi) is 6.46. The highest BCUT2D eigenvalue weighted by molar-refractivity contribution is 9.09. The van der Waals surface area contributed by atoms with Gasteiger partial charge in [-0.3, -0.25) is 0 Å². The minimum Gasteiger partial charge on any atom is -0.372 e. The van der Waals surface area contributed by atoms with Gasteiger partial charge in [0.05, 0.1) is 0 Å². The summed E-state index contributed by atoms with van der Waals surface area (Å²) in [5.74, 6) is 0.121. The van der Waals surface area contributed by atoms with Gasteiger partial charge in [-0.05, 0) is 30.0 Å². The summed E-state index contributed by atoms with van der Waals surface area (Å²) in [5.41, 5.74) is 1.03. The summed E-state index contributed by atoms with van der Waals surface area (Å²) in [5, 5.41) is 1.31. The first-order chi connectivity index (χ1) is 8.42. The number of hydrogen-bond acceptors (Lipinski definition) is 1. The number of benzene rings is 1. The molecule has 0 aromatic heterocycles. The molecule has 18 heavy (non-hydrogen) atoms. The molecule has 0 spiro atoms. The van der Waals surface area contributed by atoms with Crippen LogP contribution in [0.2, 0.25) is 5.02 Å². The molecule has 0 aliphatic rings. The van der Waals surface area contributed by atoms with Gasteiger partial charge in [0.25, 0.3) is 0 Å². The molecular weight excluding hydrogens is 332 g/mol. The van der Waals surface area contributed by atoms with E-state index in [-0.39, 0.29) is 12.5 Å². The van der Waals surface area contributed by atoms with Crippen molar-refractivity contribution in [2.45, 2.75) is 18.5 Å². The van der Waals surface area contributed by atoms with Crippen LogP contribution in [0.5, 0.6) is 0 Å². The fourth-order valence-electron chi connectivity index (χ4n) is 1.48. The minimum atomic E-state index is -4.26. The van der Waals surface area contributed by atoms with Crippen LogP contribution >= 0.6 is 27.5 Å². The monoisotopic (exact) mass is 344 g/mol. The SMILES string of the molecule is FC(F)(F)COCCC(CBr)c1ccc(Cl)cc1. The van der Waals surface area contributed by atoms with Gasteiger partial charge in [-0.1, -0.05) is 39.7 Å². The van der Waals surface area contributed by atoms with Gasteiger partial charge in [0.15, 0.2) is 0 Å². The second kappa shape index (κ2) is 7.36. The number of alkyl halides is 4. The minimum absolute atomic E-state index is 0.0817. The third-order valence-corrected chi connectivity index (χ3v) is 3.44. The first-order valence-corrected chi connectivity index (χ1v) is 6.88. The average Bonchev–Trinajstić information content (AvgIpc) is 2.29. The van der Waals surface area contributed by atoms with Gasteiger partial charge in [0.2, 0.25) is 0 Å². The number of halogens is 5. The highest BCUT2D eigenvalue weighted by atomic mass is 79.9. The predicted molar refractivity (Wildman–Crippen MR) is 69.5 cm³/mol. The van der Waals surface area contributed by atoms with Crippen LogP contribution < -0.4 is 0 Å². The van der Waals surface area contributed by atoms with Crippen molar-refractivity contribution in [1.29, 1.82) is 0 Å². The highest BCUT2D eigenvalue weighted by Gasteiger charge is 2.27. The van der Waals surface area contributed by atoms with Crippen LogP contribution in [0, 0.1) is 0 Å². The Morgan fingerprint density at radius 3 is 2.33 bits per heavy atom. The van der Waals surface area contributed by atoms with Crippen LogP contribution in [0.1, 0.15) is 17.9 Å². The van der Waals surface area contributed by atoms with Crippen molar-refractivity contribution in [3.05, 3.63) is 34.9 Å². The smallest absolute Gasteiger partial charge is 0.372 e. The Morgan fingerprint density at radius 2 is 1.83 bits per heavy atom. The molecule has 0 amide bonds. The quantitative estimate of drug-likeness (QED) is 0.532. The van der Waals surface area contributed by atoms with Gasteiger partial charge in [-0.25, -0.2) is 0 Å². The molecule has 6 heteroatoms. The normalized spacial score (nSPS) is 13.6. The van der Waals surface area contributed by atoms with Crippen LogP contribution in [0.3, 0.4) is 0 Å². The Balaban J connectivity index is 2.40. The average molecular weight is 346 g/mol. The summed E-state index contributed by atoms with van der Waals surface area (Å²) >= 11 is 9.13. The Morgan fingerprint density at radius 1 is 1.22 bits per heavy atom. The van der Waals surface area contributed by atoms with Crippen LogP contribution in [0.25, 0.3) is 0 Å². The van der Waals surface area contributed by atoms with Crippen LogP contribution in [0.15, 0.2) is 24.3 Å². The van der Waals surface area contributed by atoms with E-state index in [1.165, 1.54) is 0 Å². The summed E-state index contributed by atoms with van der Waals surface area (Å²) in [4.78, 5) is 0. The standard InChI is InChI=1S/C12H13BrClF3O/c13-7-10(5-6-18-8-12(15,16)17)9-1-3-11(14)4-2-9/h1-4,10H,5-8H2. The molecule has 1 rings (SSSR count). The maximum absolute atomic E-state index is 11.9. The molecule has 102 valence electrons. The molecular formula is C12H13BrClF3O. The summed E-state index contributed by atoms with van der Waals surface area (Å²) in [7, 11) is 0. The van der Waals surface area contributed by atoms with Crippen molar-refractivity contribution in [2.75, 3.05) is 18.5 Å². The Labute approximate surface area is 117 Å². The molecule has 0 saturated carbocycles. The lowest BCUT2D eigenvalue weighted by molar-refractivity contribution is -0.174. The third kappa shape index (κ3) is 6.07. The first kappa shape index (κ1) is 15.8. The molecule has 0 radical (unpaired) electrons. The topological polar surface area (TPSA) is 9.23 Å². The molecule has 0 aliphatic heterocycles. The van der Waals surface area contributed by atoms with Gasteiger partial charge in [0, 0.05) is 17.0 Å². The summed E-state index contributed by atoms with van der Waals surface area (Å²) < 4.78 is 40.2. The van der Waals surface area contributed by atoms with Crippen LogP contribution in [-0.2, 0) is 4.74 Å². The third-order valence-electron chi connectivity index (χ3n) is 2.40. The lowest BCUT2D eigenvalue weighted by Crippen LogP contribution is -2.18. The zero-order valence-corrected chi connectivity index (χ0v) is 11.9. The van der Waals surface area contributed by atoms with Gasteiger partial charge >= 0.3 is 6.18 Å². The molecule has 0 bridgehead atoms. The largest absolute Gasteiger partial charge is 0.411 e. The second-order valence-corrected chi connectivity index (χ2v) is 4.94. The van der Waals surface area contributed by atoms with E-state index >= 15 is 0 Å². The molecule has 1 aromatic rings. The zero-order chi connectivity index (χ0) is 13.6. The first-order valence-electron chi connectivity index (χ1n) is 5.38. The van der Waals surface area contributed by atoms with Gasteiger partial charge in [-0.2, -0.15) is 13.2 Å². The zero-order valence-electron chi connectivity index (χ0n) is 9.51. The molecule has 0 aliphatic carbocycles. The molecule has 0 saturated heterocycles. The van der Waals surface area contributed by atoms with E-state index in [4.69, 9.17) is 11.6 Å². The lowest BCUT2D eigenvalue weighted by Gasteiger charge is -2.15. The molecule has 0 fully saturated rings. The molecule has 1 nitrogen and oxygen atoms in total. The molecule has 0 heterocycles. The Hall–Kier alpha value is -0.260. The summed E-state index contributed by atoms with van der Waals surface area (Å²) in [6, 6.07) is 7.28. The maximum atomic E-state index is 11.9. The fraction of sp³-hybridized carbons (Fsp3) is 0.500. The fourth-order valence-corrected chi connectivity index (χ4v) is 2.30. The number of ether oxygens (including phenoxy) is 1. The molecule has 1 aromatic carbocycles. The maximum Gasteiger partial charge on any atom is 0.411 e. The number of rotatable bonds is 6. The van der Waals surface area contributed by atoms with E-state index < -0.39 is 12.8 Å². The molecule has 0 N–H and O–H groups in total. The van der Waals surface area contributed by atoms with Crippen molar-refractivity contribution < 1.29 is 17.9 Å². The second-order valence-electron chi connectivity index (χ2n) is 3.86. The van der Waals surface area contributed by atoms with Crippen molar-refractivity contribution in [3.63, 3.8) is 0 Å². The van der Waals surface area contributed by atoms with E-state index in [2.05, 4.69) is 20.7 Å². The molecule has 1 unspecified atom stereocenters. The number of hydrogen-bond donors (Lipinski definition) is 0. The lowest BCUT2D eigenvalue weighted by atomic mass is 9.98. The van der Waals surface area contributed by atoms with Crippen molar-refractivity contribution in [3.8, 4) is 0 Å². The summed E-state index contributed by atoms with van der Waals surface area (Å²) in [6.07, 6.45) is -3.73. The van der Waals surface area contributed by atoms with E-state index in [1.807, 2.05) is 12.1 Å². The van der Waals surface area contributed by atoms with Gasteiger partial charge in [-0.15, -0.1) is 0 Å². The van der Waals surface area contributed by atoms with Crippen LogP contribution in [-0.4, -0.2) is 24.7 Å². The van der Waals surface area contributed by atoms with Crippen molar-refractivity contribution in [2.24, 2.45) is 0 Å². The highest BCUT2D eigenvalue weighted by Crippen LogP contribution is 2.24. The molecule has 1 atom stereocenters. The summed E-state index contributed by atoms with van der Waals surface area (Å²) in [6.45, 7) is -1.11. The van der Waals surface area contributed by atoms with Gasteiger partial charge < -0.3 is 4.74 Å². The van der Waals surface area contributed by atoms with Crippen LogP contribution in [0.4, 0.5) is 13.2 Å². The predicted octanol–water partition coefficient (Wildman–Crippen LogP) is 4.79. The van der Waals surface area contributed by atoms with E-state index in [1.54, 1.807) is 12.1 Å². The van der Waals surface area contributed by atoms with E-state index in [0.717, 1.165) is 5.56 Å². The van der Waals surface area contributed by atoms with Crippen molar-refractivity contribution in [1.82, 2.24) is 0 Å². The van der Waals surface area contributed by atoms with E-state index in [9.17, 15) is 13.2 Å². The van der Waals surface area contributed by atoms with Gasteiger partial charge in [0.1, 0.15) is 6.61 Å².